The second-order valence-electron chi connectivity index (χ2n) is 7.36. The highest BCUT2D eigenvalue weighted by molar-refractivity contribution is 6.31. The van der Waals surface area contributed by atoms with Gasteiger partial charge in [-0.3, -0.25) is 4.98 Å². The first-order chi connectivity index (χ1) is 16.1. The number of ether oxygens (including phenoxy) is 1. The van der Waals surface area contributed by atoms with Crippen molar-refractivity contribution in [2.24, 2.45) is 0 Å². The average Bonchev–Trinajstić information content (AvgIpc) is 2.86. The molecule has 2 aromatic heterocycles. The molecule has 7 heteroatoms. The third-order valence-electron chi connectivity index (χ3n) is 5.20. The molecule has 0 radical (unpaired) electrons. The van der Waals surface area contributed by atoms with Gasteiger partial charge in [-0.25, -0.2) is 14.4 Å². The van der Waals surface area contributed by atoms with E-state index in [9.17, 15) is 4.39 Å². The van der Waals surface area contributed by atoms with Crippen LogP contribution in [0.5, 0.6) is 5.75 Å². The van der Waals surface area contributed by atoms with E-state index in [0.29, 0.717) is 17.3 Å². The third kappa shape index (κ3) is 4.33. The van der Waals surface area contributed by atoms with Gasteiger partial charge in [0, 0.05) is 29.0 Å². The molecule has 0 atom stereocenters. The van der Waals surface area contributed by atoms with Crippen molar-refractivity contribution in [3.8, 4) is 28.3 Å². The molecular formula is C26H18ClFN4O. The maximum absolute atomic E-state index is 13.7. The molecule has 0 bridgehead atoms. The van der Waals surface area contributed by atoms with Crippen LogP contribution in [0.25, 0.3) is 33.4 Å². The lowest BCUT2D eigenvalue weighted by Crippen LogP contribution is -2.00. The van der Waals surface area contributed by atoms with Gasteiger partial charge < -0.3 is 10.1 Å². The first-order valence-corrected chi connectivity index (χ1v) is 10.6. The molecule has 2 heterocycles. The van der Waals surface area contributed by atoms with E-state index in [4.69, 9.17) is 26.3 Å². The number of hydrogen-bond acceptors (Lipinski definition) is 5. The second-order valence-corrected chi connectivity index (χ2v) is 7.76. The number of halogens is 2. The van der Waals surface area contributed by atoms with Crippen LogP contribution in [0.4, 0.5) is 15.9 Å². The summed E-state index contributed by atoms with van der Waals surface area (Å²) in [6, 6.07) is 22.0. The summed E-state index contributed by atoms with van der Waals surface area (Å²) in [5.74, 6) is 1.40. The van der Waals surface area contributed by atoms with Crippen LogP contribution < -0.4 is 10.1 Å². The molecule has 0 saturated carbocycles. The van der Waals surface area contributed by atoms with Crippen LogP contribution in [-0.2, 0) is 0 Å². The lowest BCUT2D eigenvalue weighted by atomic mass is 10.0. The number of methoxy groups -OCH3 is 1. The van der Waals surface area contributed by atoms with Crippen molar-refractivity contribution in [2.75, 3.05) is 12.4 Å². The van der Waals surface area contributed by atoms with Crippen molar-refractivity contribution in [3.63, 3.8) is 0 Å². The summed E-state index contributed by atoms with van der Waals surface area (Å²) in [6.07, 6.45) is 3.41. The van der Waals surface area contributed by atoms with E-state index in [0.717, 1.165) is 33.3 Å². The smallest absolute Gasteiger partial charge is 0.163 e. The summed E-state index contributed by atoms with van der Waals surface area (Å²) in [5.41, 5.74) is 4.15. The summed E-state index contributed by atoms with van der Waals surface area (Å²) in [7, 11) is 1.64. The Kier molecular flexibility index (Phi) is 5.59. The monoisotopic (exact) mass is 456 g/mol. The lowest BCUT2D eigenvalue weighted by molar-refractivity contribution is 0.415. The minimum absolute atomic E-state index is 0.0305. The Balaban J connectivity index is 1.67. The van der Waals surface area contributed by atoms with E-state index in [2.05, 4.69) is 10.3 Å². The third-order valence-corrected chi connectivity index (χ3v) is 5.49. The zero-order valence-electron chi connectivity index (χ0n) is 17.6. The minimum Gasteiger partial charge on any atom is -0.497 e. The fourth-order valence-electron chi connectivity index (χ4n) is 3.54. The van der Waals surface area contributed by atoms with Gasteiger partial charge in [0.15, 0.2) is 5.82 Å². The molecule has 33 heavy (non-hydrogen) atoms. The molecule has 0 aliphatic heterocycles. The van der Waals surface area contributed by atoms with Crippen molar-refractivity contribution in [2.45, 2.75) is 0 Å². The van der Waals surface area contributed by atoms with Gasteiger partial charge in [-0.2, -0.15) is 0 Å². The van der Waals surface area contributed by atoms with Crippen LogP contribution in [0, 0.1) is 5.82 Å². The molecule has 5 nitrogen and oxygen atoms in total. The molecule has 0 amide bonds. The van der Waals surface area contributed by atoms with Gasteiger partial charge in [0.1, 0.15) is 17.4 Å². The van der Waals surface area contributed by atoms with Crippen LogP contribution in [-0.4, -0.2) is 22.1 Å². The molecule has 1 N–H and O–H groups in total. The summed E-state index contributed by atoms with van der Waals surface area (Å²) >= 11 is 5.99. The van der Waals surface area contributed by atoms with Crippen LogP contribution in [0.3, 0.4) is 0 Å². The zero-order valence-corrected chi connectivity index (χ0v) is 18.3. The van der Waals surface area contributed by atoms with Crippen LogP contribution in [0.15, 0.2) is 85.2 Å². The van der Waals surface area contributed by atoms with Gasteiger partial charge in [-0.1, -0.05) is 29.8 Å². The number of aromatic nitrogens is 3. The molecule has 5 aromatic rings. The van der Waals surface area contributed by atoms with Crippen molar-refractivity contribution >= 4 is 34.0 Å². The standard InChI is InChI=1S/C26H18ClFN4O/c1-33-20-6-2-4-16(12-20)17-7-10-24-21(13-17)26(30-19-8-9-23(28)22(27)14-19)32-25(31-24)18-5-3-11-29-15-18/h2-15H,1H3,(H,30,31,32). The Bertz CT molecular complexity index is 1460. The fraction of sp³-hybridized carbons (Fsp3) is 0.0385. The molecule has 0 aliphatic rings. The van der Waals surface area contributed by atoms with E-state index in [1.54, 1.807) is 25.6 Å². The van der Waals surface area contributed by atoms with Gasteiger partial charge in [0.2, 0.25) is 0 Å². The fourth-order valence-corrected chi connectivity index (χ4v) is 3.72. The van der Waals surface area contributed by atoms with E-state index < -0.39 is 5.82 Å². The largest absolute Gasteiger partial charge is 0.497 e. The first kappa shape index (κ1) is 20.8. The molecule has 0 fully saturated rings. The second kappa shape index (κ2) is 8.84. The molecule has 0 unspecified atom stereocenters. The highest BCUT2D eigenvalue weighted by Crippen LogP contribution is 2.32. The van der Waals surface area contributed by atoms with Gasteiger partial charge in [0.05, 0.1) is 17.6 Å². The Morgan fingerprint density at radius 2 is 1.73 bits per heavy atom. The Morgan fingerprint density at radius 1 is 0.879 bits per heavy atom. The molecule has 3 aromatic carbocycles. The Labute approximate surface area is 194 Å². The minimum atomic E-state index is -0.480. The van der Waals surface area contributed by atoms with Crippen molar-refractivity contribution in [1.82, 2.24) is 15.0 Å². The Hall–Kier alpha value is -4.03. The highest BCUT2D eigenvalue weighted by Gasteiger charge is 2.13. The summed E-state index contributed by atoms with van der Waals surface area (Å²) < 4.78 is 19.0. The SMILES string of the molecule is COc1cccc(-c2ccc3nc(-c4cccnc4)nc(Nc4ccc(F)c(Cl)c4)c3c2)c1. The average molecular weight is 457 g/mol. The maximum Gasteiger partial charge on any atom is 0.163 e. The molecule has 0 aliphatic carbocycles. The molecule has 5 rings (SSSR count). The number of fused-ring (bicyclic) bond motifs is 1. The van der Waals surface area contributed by atoms with Crippen LogP contribution in [0.1, 0.15) is 0 Å². The van der Waals surface area contributed by atoms with Crippen molar-refractivity contribution in [3.05, 3.63) is 96.0 Å². The number of hydrogen-bond donors (Lipinski definition) is 1. The maximum atomic E-state index is 13.7. The molecule has 162 valence electrons. The van der Waals surface area contributed by atoms with E-state index >= 15 is 0 Å². The molecule has 0 spiro atoms. The van der Waals surface area contributed by atoms with Gasteiger partial charge in [0.25, 0.3) is 0 Å². The number of anilines is 2. The Morgan fingerprint density at radius 3 is 2.52 bits per heavy atom. The number of benzene rings is 3. The predicted molar refractivity (Wildman–Crippen MR) is 129 cm³/mol. The highest BCUT2D eigenvalue weighted by atomic mass is 35.5. The van der Waals surface area contributed by atoms with Crippen molar-refractivity contribution < 1.29 is 9.13 Å². The predicted octanol–water partition coefficient (Wildman–Crippen LogP) is 6.90. The zero-order chi connectivity index (χ0) is 22.8. The number of pyridine rings is 1. The van der Waals surface area contributed by atoms with Crippen LogP contribution in [0.2, 0.25) is 5.02 Å². The summed E-state index contributed by atoms with van der Waals surface area (Å²) in [5, 5.41) is 4.12. The lowest BCUT2D eigenvalue weighted by Gasteiger charge is -2.13. The van der Waals surface area contributed by atoms with Gasteiger partial charge in [-0.05, 0) is 65.7 Å². The quantitative estimate of drug-likeness (QED) is 0.311. The number of nitrogens with one attached hydrogen (secondary N) is 1. The van der Waals surface area contributed by atoms with Crippen LogP contribution >= 0.6 is 11.6 Å². The topological polar surface area (TPSA) is 59.9 Å². The number of rotatable bonds is 5. The van der Waals surface area contributed by atoms with E-state index in [1.165, 1.54) is 12.1 Å². The number of nitrogens with zero attached hydrogens (tertiary/aromatic N) is 3. The van der Waals surface area contributed by atoms with Crippen molar-refractivity contribution in [1.29, 1.82) is 0 Å². The molecule has 0 saturated heterocycles. The van der Waals surface area contributed by atoms with E-state index in [-0.39, 0.29) is 5.02 Å². The van der Waals surface area contributed by atoms with Gasteiger partial charge in [-0.15, -0.1) is 0 Å². The molecular weight excluding hydrogens is 439 g/mol. The summed E-state index contributed by atoms with van der Waals surface area (Å²) in [4.78, 5) is 13.7. The van der Waals surface area contributed by atoms with E-state index in [1.807, 2.05) is 54.6 Å². The first-order valence-electron chi connectivity index (χ1n) is 10.2. The normalized spacial score (nSPS) is 10.9. The summed E-state index contributed by atoms with van der Waals surface area (Å²) in [6.45, 7) is 0. The van der Waals surface area contributed by atoms with Gasteiger partial charge >= 0.3 is 0 Å².